The van der Waals surface area contributed by atoms with Gasteiger partial charge in [0.2, 0.25) is 0 Å². The number of hydrogen-bond donors (Lipinski definition) is 0. The van der Waals surface area contributed by atoms with E-state index in [-0.39, 0.29) is 5.91 Å². The Morgan fingerprint density at radius 3 is 2.28 bits per heavy atom. The Morgan fingerprint density at radius 2 is 1.65 bits per heavy atom. The van der Waals surface area contributed by atoms with Gasteiger partial charge in [-0.05, 0) is 100 Å². The van der Waals surface area contributed by atoms with Crippen LogP contribution in [-0.2, 0) is 20.5 Å². The fourth-order valence-electron chi connectivity index (χ4n) is 6.04. The molecule has 0 atom stereocenters. The summed E-state index contributed by atoms with van der Waals surface area (Å²) < 4.78 is 10.0. The number of halogens is 2. The van der Waals surface area contributed by atoms with Gasteiger partial charge in [0.1, 0.15) is 11.4 Å². The first-order valence-corrected chi connectivity index (χ1v) is 15.2. The lowest BCUT2D eigenvalue weighted by molar-refractivity contribution is 0.0984. The molecule has 5 rings (SSSR count). The molecule has 0 aliphatic carbocycles. The van der Waals surface area contributed by atoms with Gasteiger partial charge in [0.25, 0.3) is 5.91 Å². The minimum atomic E-state index is -0.0779. The van der Waals surface area contributed by atoms with Crippen LogP contribution >= 0.6 is 23.2 Å². The molecule has 0 saturated heterocycles. The van der Waals surface area contributed by atoms with Crippen LogP contribution in [0.4, 0.5) is 5.69 Å². The van der Waals surface area contributed by atoms with Gasteiger partial charge < -0.3 is 14.2 Å². The van der Waals surface area contributed by atoms with Crippen molar-refractivity contribution >= 4 is 45.7 Å². The third kappa shape index (κ3) is 5.66. The summed E-state index contributed by atoms with van der Waals surface area (Å²) >= 11 is 13.3. The lowest BCUT2D eigenvalue weighted by atomic mass is 9.98. The molecule has 43 heavy (non-hydrogen) atoms. The molecular formula is C35H38Cl2N4O2. The molecule has 1 amide bonds. The first kappa shape index (κ1) is 30.7. The number of amides is 1. The predicted molar refractivity (Wildman–Crippen MR) is 178 cm³/mol. The molecule has 0 bridgehead atoms. The number of fused-ring (bicyclic) bond motifs is 1. The predicted octanol–water partition coefficient (Wildman–Crippen LogP) is 8.72. The molecule has 0 fully saturated rings. The van der Waals surface area contributed by atoms with Crippen LogP contribution in [0.15, 0.2) is 48.5 Å². The van der Waals surface area contributed by atoms with E-state index in [4.69, 9.17) is 27.9 Å². The third-order valence-corrected chi connectivity index (χ3v) is 9.23. The van der Waals surface area contributed by atoms with Gasteiger partial charge in [0.05, 0.1) is 22.8 Å². The van der Waals surface area contributed by atoms with Gasteiger partial charge in [-0.2, -0.15) is 5.10 Å². The zero-order valence-electron chi connectivity index (χ0n) is 26.1. The average Bonchev–Trinajstić information content (AvgIpc) is 3.39. The SMILES string of the molecule is Cc1cccc(N(C)C(=O)c2c(CCCOc3cc(C)c(Cl)c(C)c3)c3ccc(Cl)c(-c4c(C)nn(C)c4C)c3n2C)c1. The van der Waals surface area contributed by atoms with E-state index in [2.05, 4.69) is 5.10 Å². The molecule has 3 aromatic carbocycles. The number of benzene rings is 3. The highest BCUT2D eigenvalue weighted by Gasteiger charge is 2.28. The monoisotopic (exact) mass is 616 g/mol. The molecule has 2 heterocycles. The highest BCUT2D eigenvalue weighted by Crippen LogP contribution is 2.42. The summed E-state index contributed by atoms with van der Waals surface area (Å²) in [5, 5.41) is 7.05. The van der Waals surface area contributed by atoms with Crippen LogP contribution in [-0.4, -0.2) is 33.9 Å². The standard InChI is InChI=1S/C35H38Cl2N4O2/c1-20-11-9-12-25(17-20)39(6)35(42)34-27(13-10-16-43-26-18-21(2)32(37)22(3)19-26)28-14-15-29(36)31(33(28)40(34)7)30-23(4)38-41(8)24(30)5/h9,11-12,14-15,17-19H,10,13,16H2,1-8H3. The first-order chi connectivity index (χ1) is 20.4. The van der Waals surface area contributed by atoms with E-state index in [0.717, 1.165) is 78.6 Å². The molecule has 0 aliphatic rings. The second-order valence-corrected chi connectivity index (χ2v) is 12.2. The second-order valence-electron chi connectivity index (χ2n) is 11.4. The van der Waals surface area contributed by atoms with Crippen molar-refractivity contribution in [1.82, 2.24) is 14.3 Å². The zero-order valence-corrected chi connectivity index (χ0v) is 27.6. The van der Waals surface area contributed by atoms with E-state index in [1.165, 1.54) is 0 Å². The van der Waals surface area contributed by atoms with Gasteiger partial charge in [0, 0.05) is 54.1 Å². The summed E-state index contributed by atoms with van der Waals surface area (Å²) in [6, 6.07) is 15.9. The van der Waals surface area contributed by atoms with E-state index < -0.39 is 0 Å². The van der Waals surface area contributed by atoms with Crippen LogP contribution in [0.2, 0.25) is 10.0 Å². The van der Waals surface area contributed by atoms with Gasteiger partial charge in [-0.3, -0.25) is 9.48 Å². The van der Waals surface area contributed by atoms with Gasteiger partial charge >= 0.3 is 0 Å². The van der Waals surface area contributed by atoms with Crippen molar-refractivity contribution in [2.24, 2.45) is 14.1 Å². The fraction of sp³-hybridized carbons (Fsp3) is 0.314. The maximum Gasteiger partial charge on any atom is 0.274 e. The quantitative estimate of drug-likeness (QED) is 0.164. The van der Waals surface area contributed by atoms with Gasteiger partial charge in [-0.1, -0.05) is 41.4 Å². The molecule has 2 aromatic heterocycles. The van der Waals surface area contributed by atoms with Crippen LogP contribution in [0.5, 0.6) is 5.75 Å². The molecule has 0 aliphatic heterocycles. The number of aryl methyl sites for hydroxylation is 7. The summed E-state index contributed by atoms with van der Waals surface area (Å²) in [6.07, 6.45) is 1.37. The molecule has 0 saturated carbocycles. The van der Waals surface area contributed by atoms with Crippen molar-refractivity contribution in [3.05, 3.63) is 97.9 Å². The first-order valence-electron chi connectivity index (χ1n) is 14.4. The number of nitrogens with zero attached hydrogens (tertiary/aromatic N) is 4. The minimum Gasteiger partial charge on any atom is -0.494 e. The summed E-state index contributed by atoms with van der Waals surface area (Å²) in [6.45, 7) is 10.5. The lowest BCUT2D eigenvalue weighted by Crippen LogP contribution is -2.29. The maximum absolute atomic E-state index is 14.3. The van der Waals surface area contributed by atoms with Crippen molar-refractivity contribution in [3.8, 4) is 16.9 Å². The number of anilines is 1. The van der Waals surface area contributed by atoms with Gasteiger partial charge in [0.15, 0.2) is 0 Å². The zero-order chi connectivity index (χ0) is 31.2. The van der Waals surface area contributed by atoms with E-state index >= 15 is 0 Å². The number of carbonyl (C=O) groups excluding carboxylic acids is 1. The summed E-state index contributed by atoms with van der Waals surface area (Å²) in [4.78, 5) is 16.0. The summed E-state index contributed by atoms with van der Waals surface area (Å²) in [5.41, 5.74) is 10.3. The highest BCUT2D eigenvalue weighted by molar-refractivity contribution is 6.35. The van der Waals surface area contributed by atoms with E-state index in [0.29, 0.717) is 23.7 Å². The third-order valence-electron chi connectivity index (χ3n) is 8.31. The lowest BCUT2D eigenvalue weighted by Gasteiger charge is -2.20. The van der Waals surface area contributed by atoms with Crippen LogP contribution in [0.1, 0.15) is 50.6 Å². The number of carbonyl (C=O) groups is 1. The molecule has 224 valence electrons. The topological polar surface area (TPSA) is 52.3 Å². The van der Waals surface area contributed by atoms with Crippen LogP contribution in [0, 0.1) is 34.6 Å². The molecule has 0 N–H and O–H groups in total. The normalized spacial score (nSPS) is 11.4. The molecule has 6 nitrogen and oxygen atoms in total. The smallest absolute Gasteiger partial charge is 0.274 e. The molecule has 0 radical (unpaired) electrons. The highest BCUT2D eigenvalue weighted by atomic mass is 35.5. The Morgan fingerprint density at radius 1 is 0.953 bits per heavy atom. The van der Waals surface area contributed by atoms with E-state index in [1.807, 2.05) is 114 Å². The van der Waals surface area contributed by atoms with Crippen molar-refractivity contribution in [3.63, 3.8) is 0 Å². The molecule has 5 aromatic rings. The number of aromatic nitrogens is 3. The van der Waals surface area contributed by atoms with Crippen molar-refractivity contribution in [1.29, 1.82) is 0 Å². The maximum atomic E-state index is 14.3. The minimum absolute atomic E-state index is 0.0779. The van der Waals surface area contributed by atoms with Gasteiger partial charge in [-0.15, -0.1) is 0 Å². The Kier molecular flexibility index (Phi) is 8.64. The summed E-state index contributed by atoms with van der Waals surface area (Å²) in [7, 11) is 5.72. The van der Waals surface area contributed by atoms with Crippen LogP contribution in [0.3, 0.4) is 0 Å². The number of hydrogen-bond acceptors (Lipinski definition) is 3. The van der Waals surface area contributed by atoms with Gasteiger partial charge in [-0.25, -0.2) is 0 Å². The Hall–Kier alpha value is -3.74. The van der Waals surface area contributed by atoms with Crippen LogP contribution in [0.25, 0.3) is 22.0 Å². The molecule has 8 heteroatoms. The molecule has 0 unspecified atom stereocenters. The van der Waals surface area contributed by atoms with Crippen molar-refractivity contribution in [2.45, 2.75) is 47.5 Å². The average molecular weight is 618 g/mol. The fourth-order valence-corrected chi connectivity index (χ4v) is 6.40. The van der Waals surface area contributed by atoms with Crippen molar-refractivity contribution in [2.75, 3.05) is 18.6 Å². The van der Waals surface area contributed by atoms with Crippen LogP contribution < -0.4 is 9.64 Å². The molecular weight excluding hydrogens is 579 g/mol. The Labute approximate surface area is 263 Å². The molecule has 0 spiro atoms. The van der Waals surface area contributed by atoms with E-state index in [1.54, 1.807) is 4.90 Å². The van der Waals surface area contributed by atoms with E-state index in [9.17, 15) is 4.79 Å². The van der Waals surface area contributed by atoms with Crippen molar-refractivity contribution < 1.29 is 9.53 Å². The largest absolute Gasteiger partial charge is 0.494 e. The second kappa shape index (κ2) is 12.1. The Balaban J connectivity index is 1.60. The summed E-state index contributed by atoms with van der Waals surface area (Å²) in [5.74, 6) is 0.718. The Bertz CT molecular complexity index is 1840. The number of ether oxygens (including phenoxy) is 1. The number of rotatable bonds is 8.